The quantitative estimate of drug-likeness (QED) is 0.686. The maximum Gasteiger partial charge on any atom is 0.269 e. The Morgan fingerprint density at radius 3 is 2.62 bits per heavy atom. The lowest BCUT2D eigenvalue weighted by Gasteiger charge is -2.36. The average molecular weight is 289 g/mol. The number of hydrogen-bond acceptors (Lipinski definition) is 4. The molecule has 2 fully saturated rings. The molecule has 3 rings (SSSR count). The van der Waals surface area contributed by atoms with E-state index in [1.165, 1.54) is 32.2 Å². The molecule has 114 valence electrons. The first-order chi connectivity index (χ1) is 10.1. The monoisotopic (exact) mass is 289 g/mol. The van der Waals surface area contributed by atoms with Gasteiger partial charge < -0.3 is 10.2 Å². The molecule has 0 aliphatic carbocycles. The Hall–Kier alpha value is -1.62. The zero-order chi connectivity index (χ0) is 14.8. The summed E-state index contributed by atoms with van der Waals surface area (Å²) in [6.07, 6.45) is 5.07. The second kappa shape index (κ2) is 6.02. The lowest BCUT2D eigenvalue weighted by Crippen LogP contribution is -2.41. The predicted octanol–water partition coefficient (Wildman–Crippen LogP) is 2.87. The van der Waals surface area contributed by atoms with E-state index in [4.69, 9.17) is 0 Å². The summed E-state index contributed by atoms with van der Waals surface area (Å²) in [5, 5.41) is 14.4. The van der Waals surface area contributed by atoms with Crippen molar-refractivity contribution in [3.8, 4) is 0 Å². The van der Waals surface area contributed by atoms with E-state index < -0.39 is 0 Å². The van der Waals surface area contributed by atoms with Gasteiger partial charge in [-0.1, -0.05) is 0 Å². The van der Waals surface area contributed by atoms with Crippen molar-refractivity contribution >= 4 is 11.4 Å². The Balaban J connectivity index is 1.65. The van der Waals surface area contributed by atoms with Crippen molar-refractivity contribution in [2.24, 2.45) is 5.92 Å². The van der Waals surface area contributed by atoms with Crippen LogP contribution in [0.1, 0.15) is 31.2 Å². The van der Waals surface area contributed by atoms with E-state index in [0.717, 1.165) is 30.3 Å². The molecule has 1 aromatic carbocycles. The highest BCUT2D eigenvalue weighted by Gasteiger charge is 2.28. The summed E-state index contributed by atoms with van der Waals surface area (Å²) in [7, 11) is 0. The second-order valence-corrected chi connectivity index (χ2v) is 6.26. The summed E-state index contributed by atoms with van der Waals surface area (Å²) >= 11 is 0. The van der Waals surface area contributed by atoms with Crippen LogP contribution >= 0.6 is 0 Å². The average Bonchev–Trinajstić information content (AvgIpc) is 3.01. The van der Waals surface area contributed by atoms with E-state index in [1.807, 2.05) is 13.0 Å². The molecule has 2 saturated heterocycles. The van der Waals surface area contributed by atoms with Gasteiger partial charge in [0, 0.05) is 37.0 Å². The Kier molecular flexibility index (Phi) is 4.10. The maximum absolute atomic E-state index is 10.8. The Bertz CT molecular complexity index is 518. The number of piperidine rings is 1. The smallest absolute Gasteiger partial charge is 0.269 e. The molecule has 0 spiro atoms. The van der Waals surface area contributed by atoms with Gasteiger partial charge in [-0.3, -0.25) is 10.1 Å². The van der Waals surface area contributed by atoms with Crippen molar-refractivity contribution < 1.29 is 4.92 Å². The summed E-state index contributed by atoms with van der Waals surface area (Å²) < 4.78 is 0. The predicted molar refractivity (Wildman–Crippen MR) is 83.8 cm³/mol. The number of rotatable bonds is 3. The number of nitro groups is 1. The van der Waals surface area contributed by atoms with Gasteiger partial charge in [0.25, 0.3) is 5.69 Å². The van der Waals surface area contributed by atoms with Gasteiger partial charge in [-0.15, -0.1) is 0 Å². The number of hydrogen-bond donors (Lipinski definition) is 1. The van der Waals surface area contributed by atoms with E-state index in [1.54, 1.807) is 12.1 Å². The second-order valence-electron chi connectivity index (χ2n) is 6.26. The molecule has 5 heteroatoms. The van der Waals surface area contributed by atoms with E-state index in [0.29, 0.717) is 6.04 Å². The third kappa shape index (κ3) is 3.02. The van der Waals surface area contributed by atoms with Crippen LogP contribution in [0.3, 0.4) is 0 Å². The van der Waals surface area contributed by atoms with Crippen LogP contribution in [0.2, 0.25) is 0 Å². The highest BCUT2D eigenvalue weighted by molar-refractivity contribution is 5.57. The summed E-state index contributed by atoms with van der Waals surface area (Å²) in [6, 6.07) is 5.92. The third-order valence-electron chi connectivity index (χ3n) is 4.94. The first kappa shape index (κ1) is 14.3. The molecule has 0 radical (unpaired) electrons. The number of non-ortho nitro benzene ring substituents is 1. The molecule has 0 amide bonds. The number of nitro benzene ring substituents is 1. The van der Waals surface area contributed by atoms with Crippen molar-refractivity contribution in [3.63, 3.8) is 0 Å². The highest BCUT2D eigenvalue weighted by Crippen LogP contribution is 2.31. The van der Waals surface area contributed by atoms with Gasteiger partial charge in [0.15, 0.2) is 0 Å². The molecule has 2 aliphatic heterocycles. The van der Waals surface area contributed by atoms with Crippen molar-refractivity contribution in [3.05, 3.63) is 33.9 Å². The number of nitrogens with one attached hydrogen (secondary N) is 1. The van der Waals surface area contributed by atoms with Crippen LogP contribution in [-0.2, 0) is 0 Å². The van der Waals surface area contributed by atoms with Crippen LogP contribution in [0.15, 0.2) is 18.2 Å². The Morgan fingerprint density at radius 2 is 2.05 bits per heavy atom. The SMILES string of the molecule is Cc1cc([N+](=O)[O-])ccc1N1CCC(C2CCCN2)CC1. The molecule has 21 heavy (non-hydrogen) atoms. The number of aryl methyl sites for hydroxylation is 1. The fraction of sp³-hybridized carbons (Fsp3) is 0.625. The van der Waals surface area contributed by atoms with Gasteiger partial charge in [-0.05, 0) is 56.7 Å². The minimum absolute atomic E-state index is 0.182. The summed E-state index contributed by atoms with van der Waals surface area (Å²) in [4.78, 5) is 12.9. The molecule has 1 aromatic rings. The van der Waals surface area contributed by atoms with Crippen molar-refractivity contribution in [2.45, 2.75) is 38.6 Å². The zero-order valence-corrected chi connectivity index (χ0v) is 12.5. The maximum atomic E-state index is 10.8. The van der Waals surface area contributed by atoms with Crippen LogP contribution in [0.5, 0.6) is 0 Å². The van der Waals surface area contributed by atoms with Gasteiger partial charge in [0.2, 0.25) is 0 Å². The first-order valence-corrected chi connectivity index (χ1v) is 7.88. The molecule has 2 heterocycles. The topological polar surface area (TPSA) is 58.4 Å². The third-order valence-corrected chi connectivity index (χ3v) is 4.94. The van der Waals surface area contributed by atoms with E-state index in [9.17, 15) is 10.1 Å². The molecule has 1 unspecified atom stereocenters. The van der Waals surface area contributed by atoms with Gasteiger partial charge in [-0.25, -0.2) is 0 Å². The summed E-state index contributed by atoms with van der Waals surface area (Å²) in [5.41, 5.74) is 2.33. The highest BCUT2D eigenvalue weighted by atomic mass is 16.6. The van der Waals surface area contributed by atoms with E-state index >= 15 is 0 Å². The number of nitrogens with zero attached hydrogens (tertiary/aromatic N) is 2. The van der Waals surface area contributed by atoms with E-state index in [-0.39, 0.29) is 10.6 Å². The molecule has 1 atom stereocenters. The number of anilines is 1. The van der Waals surface area contributed by atoms with Gasteiger partial charge in [0.05, 0.1) is 4.92 Å². The molecule has 0 aromatic heterocycles. The van der Waals surface area contributed by atoms with Crippen LogP contribution in [0.25, 0.3) is 0 Å². The summed E-state index contributed by atoms with van der Waals surface area (Å²) in [6.45, 7) is 5.25. The largest absolute Gasteiger partial charge is 0.371 e. The van der Waals surface area contributed by atoms with Crippen LogP contribution in [0.4, 0.5) is 11.4 Å². The van der Waals surface area contributed by atoms with E-state index in [2.05, 4.69) is 10.2 Å². The molecule has 2 aliphatic rings. The minimum Gasteiger partial charge on any atom is -0.371 e. The first-order valence-electron chi connectivity index (χ1n) is 7.88. The number of benzene rings is 1. The van der Waals surface area contributed by atoms with Gasteiger partial charge in [-0.2, -0.15) is 0 Å². The molecule has 1 N–H and O–H groups in total. The van der Waals surface area contributed by atoms with Crippen molar-refractivity contribution in [2.75, 3.05) is 24.5 Å². The van der Waals surface area contributed by atoms with Crippen LogP contribution < -0.4 is 10.2 Å². The normalized spacial score (nSPS) is 23.5. The van der Waals surface area contributed by atoms with Crippen LogP contribution in [0, 0.1) is 23.0 Å². The Labute approximate surface area is 125 Å². The molecular weight excluding hydrogens is 266 g/mol. The molecule has 5 nitrogen and oxygen atoms in total. The molecular formula is C16H23N3O2. The lowest BCUT2D eigenvalue weighted by molar-refractivity contribution is -0.384. The van der Waals surface area contributed by atoms with Crippen molar-refractivity contribution in [1.29, 1.82) is 0 Å². The standard InChI is InChI=1S/C16H23N3O2/c1-12-11-14(19(20)21)4-5-16(12)18-9-6-13(7-10-18)15-3-2-8-17-15/h4-5,11,13,15,17H,2-3,6-10H2,1H3. The fourth-order valence-electron chi connectivity index (χ4n) is 3.76. The van der Waals surface area contributed by atoms with Crippen LogP contribution in [-0.4, -0.2) is 30.6 Å². The van der Waals surface area contributed by atoms with Gasteiger partial charge in [0.1, 0.15) is 0 Å². The van der Waals surface area contributed by atoms with Crippen molar-refractivity contribution in [1.82, 2.24) is 5.32 Å². The Morgan fingerprint density at radius 1 is 1.29 bits per heavy atom. The van der Waals surface area contributed by atoms with Gasteiger partial charge >= 0.3 is 0 Å². The lowest BCUT2D eigenvalue weighted by atomic mass is 9.88. The zero-order valence-electron chi connectivity index (χ0n) is 12.5. The molecule has 0 bridgehead atoms. The molecule has 0 saturated carbocycles. The minimum atomic E-state index is -0.325. The summed E-state index contributed by atoms with van der Waals surface area (Å²) in [5.74, 6) is 0.794. The fourth-order valence-corrected chi connectivity index (χ4v) is 3.76.